The zero-order valence-corrected chi connectivity index (χ0v) is 12.2. The van der Waals surface area contributed by atoms with Gasteiger partial charge in [0.15, 0.2) is 0 Å². The molecule has 3 rings (SSSR count). The molecule has 0 N–H and O–H groups in total. The Labute approximate surface area is 121 Å². The number of amides is 1. The van der Waals surface area contributed by atoms with Gasteiger partial charge in [0, 0.05) is 19.5 Å². The molecule has 1 saturated heterocycles. The lowest BCUT2D eigenvalue weighted by molar-refractivity contribution is -0.130. The maximum atomic E-state index is 12.3. The molecule has 0 radical (unpaired) electrons. The summed E-state index contributed by atoms with van der Waals surface area (Å²) in [5, 5.41) is 0. The Hall–Kier alpha value is -1.57. The van der Waals surface area contributed by atoms with Crippen LogP contribution in [0.1, 0.15) is 30.4 Å². The second-order valence-corrected chi connectivity index (χ2v) is 6.25. The van der Waals surface area contributed by atoms with Crippen LogP contribution in [0.5, 0.6) is 0 Å². The van der Waals surface area contributed by atoms with Crippen molar-refractivity contribution in [3.05, 3.63) is 47.5 Å². The van der Waals surface area contributed by atoms with Crippen LogP contribution in [0.3, 0.4) is 0 Å². The first-order valence-electron chi connectivity index (χ1n) is 7.70. The van der Waals surface area contributed by atoms with E-state index in [4.69, 9.17) is 0 Å². The number of likely N-dealkylation sites (tertiary alicyclic amines) is 1. The molecule has 0 spiro atoms. The Morgan fingerprint density at radius 3 is 2.30 bits per heavy atom. The number of hydrogen-bond donors (Lipinski definition) is 0. The van der Waals surface area contributed by atoms with E-state index < -0.39 is 0 Å². The van der Waals surface area contributed by atoms with Crippen molar-refractivity contribution < 1.29 is 4.79 Å². The molecule has 1 aliphatic carbocycles. The van der Waals surface area contributed by atoms with Gasteiger partial charge in [0.25, 0.3) is 0 Å². The van der Waals surface area contributed by atoms with Gasteiger partial charge in [0.05, 0.1) is 0 Å². The molecule has 1 aromatic carbocycles. The van der Waals surface area contributed by atoms with Gasteiger partial charge in [-0.05, 0) is 43.6 Å². The van der Waals surface area contributed by atoms with E-state index in [2.05, 4.69) is 48.2 Å². The summed E-state index contributed by atoms with van der Waals surface area (Å²) in [5.41, 5.74) is 2.54. The number of aryl methyl sites for hydroxylation is 2. The molecule has 1 amide bonds. The number of allylic oxidation sites excluding steroid dienone is 2. The fourth-order valence-corrected chi connectivity index (χ4v) is 3.38. The van der Waals surface area contributed by atoms with E-state index >= 15 is 0 Å². The average molecular weight is 269 g/mol. The number of benzene rings is 1. The fourth-order valence-electron chi connectivity index (χ4n) is 3.38. The molecule has 1 aliphatic heterocycles. The molecule has 2 atom stereocenters. The van der Waals surface area contributed by atoms with E-state index in [1.807, 2.05) is 0 Å². The topological polar surface area (TPSA) is 20.3 Å². The highest BCUT2D eigenvalue weighted by Crippen LogP contribution is 2.33. The van der Waals surface area contributed by atoms with Gasteiger partial charge in [-0.15, -0.1) is 0 Å². The number of rotatable bonds is 3. The standard InChI is InChI=1S/C18H23NO/c1-14-6-8-15(9-7-14)10-11-18(20)19-12-16-4-2-3-5-17(16)13-19/h2-3,6-9,16-17H,4-5,10-13H2,1H3. The Morgan fingerprint density at radius 1 is 1.10 bits per heavy atom. The molecule has 1 heterocycles. The number of carbonyl (C=O) groups is 1. The fraction of sp³-hybridized carbons (Fsp3) is 0.500. The zero-order valence-electron chi connectivity index (χ0n) is 12.2. The molecule has 1 aromatic rings. The highest BCUT2D eigenvalue weighted by molar-refractivity contribution is 5.76. The summed E-state index contributed by atoms with van der Waals surface area (Å²) in [7, 11) is 0. The van der Waals surface area contributed by atoms with Crippen LogP contribution >= 0.6 is 0 Å². The van der Waals surface area contributed by atoms with Crippen LogP contribution in [0, 0.1) is 18.8 Å². The smallest absolute Gasteiger partial charge is 0.222 e. The summed E-state index contributed by atoms with van der Waals surface area (Å²) in [6.07, 6.45) is 8.39. The summed E-state index contributed by atoms with van der Waals surface area (Å²) in [5.74, 6) is 1.76. The number of hydrogen-bond acceptors (Lipinski definition) is 1. The van der Waals surface area contributed by atoms with Gasteiger partial charge >= 0.3 is 0 Å². The van der Waals surface area contributed by atoms with Gasteiger partial charge in [-0.25, -0.2) is 0 Å². The van der Waals surface area contributed by atoms with Crippen LogP contribution in [0.4, 0.5) is 0 Å². The Bertz CT molecular complexity index is 487. The van der Waals surface area contributed by atoms with E-state index in [0.717, 1.165) is 32.4 Å². The van der Waals surface area contributed by atoms with Gasteiger partial charge in [-0.2, -0.15) is 0 Å². The molecular formula is C18H23NO. The maximum absolute atomic E-state index is 12.3. The minimum absolute atomic E-state index is 0.333. The van der Waals surface area contributed by atoms with Crippen LogP contribution in [0.2, 0.25) is 0 Å². The minimum Gasteiger partial charge on any atom is -0.342 e. The summed E-state index contributed by atoms with van der Waals surface area (Å²) in [6.45, 7) is 4.04. The summed E-state index contributed by atoms with van der Waals surface area (Å²) < 4.78 is 0. The van der Waals surface area contributed by atoms with Crippen LogP contribution in [-0.4, -0.2) is 23.9 Å². The van der Waals surface area contributed by atoms with E-state index in [1.54, 1.807) is 0 Å². The van der Waals surface area contributed by atoms with Gasteiger partial charge < -0.3 is 4.90 Å². The van der Waals surface area contributed by atoms with Crippen molar-refractivity contribution in [2.75, 3.05) is 13.1 Å². The monoisotopic (exact) mass is 269 g/mol. The lowest BCUT2D eigenvalue weighted by atomic mass is 9.86. The van der Waals surface area contributed by atoms with Gasteiger partial charge in [0.1, 0.15) is 0 Å². The summed E-state index contributed by atoms with van der Waals surface area (Å²) in [4.78, 5) is 14.4. The molecule has 2 aliphatic rings. The molecule has 2 nitrogen and oxygen atoms in total. The van der Waals surface area contributed by atoms with E-state index in [0.29, 0.717) is 24.2 Å². The van der Waals surface area contributed by atoms with Crippen molar-refractivity contribution in [3.8, 4) is 0 Å². The van der Waals surface area contributed by atoms with Crippen molar-refractivity contribution >= 4 is 5.91 Å². The Kier molecular flexibility index (Phi) is 3.90. The van der Waals surface area contributed by atoms with Gasteiger partial charge in [-0.1, -0.05) is 42.0 Å². The zero-order chi connectivity index (χ0) is 13.9. The van der Waals surface area contributed by atoms with E-state index in [-0.39, 0.29) is 0 Å². The number of carbonyl (C=O) groups excluding carboxylic acids is 1. The Morgan fingerprint density at radius 2 is 1.70 bits per heavy atom. The third kappa shape index (κ3) is 2.95. The molecule has 0 aromatic heterocycles. The molecule has 20 heavy (non-hydrogen) atoms. The van der Waals surface area contributed by atoms with Crippen molar-refractivity contribution in [1.82, 2.24) is 4.90 Å². The van der Waals surface area contributed by atoms with E-state index in [9.17, 15) is 4.79 Å². The van der Waals surface area contributed by atoms with Crippen LogP contribution < -0.4 is 0 Å². The highest BCUT2D eigenvalue weighted by atomic mass is 16.2. The van der Waals surface area contributed by atoms with Crippen molar-refractivity contribution in [2.24, 2.45) is 11.8 Å². The highest BCUT2D eigenvalue weighted by Gasteiger charge is 2.34. The lowest BCUT2D eigenvalue weighted by Gasteiger charge is -2.17. The molecule has 0 bridgehead atoms. The lowest BCUT2D eigenvalue weighted by Crippen LogP contribution is -2.29. The average Bonchev–Trinajstić information content (AvgIpc) is 2.90. The summed E-state index contributed by atoms with van der Waals surface area (Å²) in [6, 6.07) is 8.51. The van der Waals surface area contributed by atoms with E-state index in [1.165, 1.54) is 11.1 Å². The third-order valence-corrected chi connectivity index (χ3v) is 4.72. The van der Waals surface area contributed by atoms with Crippen molar-refractivity contribution in [2.45, 2.75) is 32.6 Å². The summed E-state index contributed by atoms with van der Waals surface area (Å²) >= 11 is 0. The molecule has 2 unspecified atom stereocenters. The first kappa shape index (κ1) is 13.4. The molecule has 106 valence electrons. The minimum atomic E-state index is 0.333. The largest absolute Gasteiger partial charge is 0.342 e. The van der Waals surface area contributed by atoms with Crippen LogP contribution in [0.25, 0.3) is 0 Å². The van der Waals surface area contributed by atoms with Gasteiger partial charge in [0.2, 0.25) is 5.91 Å². The van der Waals surface area contributed by atoms with Crippen LogP contribution in [0.15, 0.2) is 36.4 Å². The normalized spacial score (nSPS) is 24.8. The second kappa shape index (κ2) is 5.82. The molecule has 2 heteroatoms. The Balaban J connectivity index is 1.51. The van der Waals surface area contributed by atoms with Crippen molar-refractivity contribution in [1.29, 1.82) is 0 Å². The second-order valence-electron chi connectivity index (χ2n) is 6.25. The first-order valence-corrected chi connectivity index (χ1v) is 7.70. The van der Waals surface area contributed by atoms with Crippen LogP contribution in [-0.2, 0) is 11.2 Å². The third-order valence-electron chi connectivity index (χ3n) is 4.72. The molecule has 0 saturated carbocycles. The van der Waals surface area contributed by atoms with Gasteiger partial charge in [-0.3, -0.25) is 4.79 Å². The first-order chi connectivity index (χ1) is 9.72. The predicted octanol–water partition coefficient (Wildman–Crippen LogP) is 3.35. The quantitative estimate of drug-likeness (QED) is 0.771. The number of nitrogens with zero attached hydrogens (tertiary/aromatic N) is 1. The molecular weight excluding hydrogens is 246 g/mol. The maximum Gasteiger partial charge on any atom is 0.222 e. The predicted molar refractivity (Wildman–Crippen MR) is 81.4 cm³/mol. The number of fused-ring (bicyclic) bond motifs is 1. The molecule has 1 fully saturated rings. The SMILES string of the molecule is Cc1ccc(CCC(=O)N2CC3CC=CCC3C2)cc1. The van der Waals surface area contributed by atoms with Crippen molar-refractivity contribution in [3.63, 3.8) is 0 Å².